The quantitative estimate of drug-likeness (QED) is 0.806. The molecule has 18 heavy (non-hydrogen) atoms. The lowest BCUT2D eigenvalue weighted by Crippen LogP contribution is -2.59. The van der Waals surface area contributed by atoms with Gasteiger partial charge >= 0.3 is 0 Å². The molecule has 1 aromatic rings. The average molecular weight is 252 g/mol. The monoisotopic (exact) mass is 252 g/mol. The van der Waals surface area contributed by atoms with Gasteiger partial charge in [-0.15, -0.1) is 0 Å². The molecule has 0 aromatic carbocycles. The van der Waals surface area contributed by atoms with Gasteiger partial charge in [0.25, 0.3) is 0 Å². The summed E-state index contributed by atoms with van der Waals surface area (Å²) in [6.45, 7) is 5.66. The number of nitrogens with two attached hydrogens (primary N) is 1. The van der Waals surface area contributed by atoms with E-state index >= 15 is 0 Å². The Morgan fingerprint density at radius 1 is 1.61 bits per heavy atom. The van der Waals surface area contributed by atoms with Crippen LogP contribution >= 0.6 is 0 Å². The van der Waals surface area contributed by atoms with Crippen LogP contribution in [0.4, 0.5) is 0 Å². The molecule has 0 radical (unpaired) electrons. The zero-order valence-electron chi connectivity index (χ0n) is 11.6. The summed E-state index contributed by atoms with van der Waals surface area (Å²) in [6, 6.07) is 4.56. The molecule has 1 heterocycles. The molecule has 2 atom stereocenters. The fourth-order valence-corrected chi connectivity index (χ4v) is 2.45. The molecular formula is C14H24N2O2. The summed E-state index contributed by atoms with van der Waals surface area (Å²) in [7, 11) is 1.75. The Morgan fingerprint density at radius 2 is 2.33 bits per heavy atom. The van der Waals surface area contributed by atoms with Gasteiger partial charge in [-0.3, -0.25) is 4.90 Å². The molecule has 1 aromatic heterocycles. The van der Waals surface area contributed by atoms with E-state index in [0.29, 0.717) is 12.6 Å². The SMILES string of the molecule is COC(C)C(C)(CN)N(Cc1ccco1)C1CC1. The van der Waals surface area contributed by atoms with Crippen molar-refractivity contribution in [2.24, 2.45) is 5.73 Å². The number of hydrogen-bond acceptors (Lipinski definition) is 4. The largest absolute Gasteiger partial charge is 0.468 e. The third-order valence-electron chi connectivity index (χ3n) is 4.19. The van der Waals surface area contributed by atoms with E-state index in [2.05, 4.69) is 18.7 Å². The molecule has 102 valence electrons. The molecule has 1 aliphatic rings. The molecule has 0 saturated heterocycles. The van der Waals surface area contributed by atoms with Crippen molar-refractivity contribution < 1.29 is 9.15 Å². The lowest BCUT2D eigenvalue weighted by molar-refractivity contribution is -0.0422. The third-order valence-corrected chi connectivity index (χ3v) is 4.19. The maximum atomic E-state index is 6.03. The van der Waals surface area contributed by atoms with Crippen molar-refractivity contribution in [2.45, 2.75) is 50.9 Å². The molecule has 0 bridgehead atoms. The van der Waals surface area contributed by atoms with Crippen LogP contribution in [-0.2, 0) is 11.3 Å². The predicted molar refractivity (Wildman–Crippen MR) is 71.2 cm³/mol. The first-order valence-corrected chi connectivity index (χ1v) is 6.64. The predicted octanol–water partition coefficient (Wildman–Crippen LogP) is 2.00. The number of hydrogen-bond donors (Lipinski definition) is 1. The molecular weight excluding hydrogens is 228 g/mol. The number of rotatable bonds is 7. The minimum atomic E-state index is -0.150. The minimum Gasteiger partial charge on any atom is -0.468 e. The second kappa shape index (κ2) is 5.43. The lowest BCUT2D eigenvalue weighted by atomic mass is 9.92. The van der Waals surface area contributed by atoms with Gasteiger partial charge in [0.05, 0.1) is 24.5 Å². The number of ether oxygens (including phenoxy) is 1. The second-order valence-electron chi connectivity index (χ2n) is 5.38. The van der Waals surface area contributed by atoms with Crippen LogP contribution in [0, 0.1) is 0 Å². The van der Waals surface area contributed by atoms with E-state index < -0.39 is 0 Å². The van der Waals surface area contributed by atoms with E-state index in [4.69, 9.17) is 14.9 Å². The van der Waals surface area contributed by atoms with Crippen molar-refractivity contribution >= 4 is 0 Å². The normalized spacial score (nSPS) is 20.9. The molecule has 1 saturated carbocycles. The highest BCUT2D eigenvalue weighted by Crippen LogP contribution is 2.36. The van der Waals surface area contributed by atoms with E-state index in [1.807, 2.05) is 12.1 Å². The highest BCUT2D eigenvalue weighted by atomic mass is 16.5. The summed E-state index contributed by atoms with van der Waals surface area (Å²) >= 11 is 0. The summed E-state index contributed by atoms with van der Waals surface area (Å²) < 4.78 is 11.0. The first kappa shape index (κ1) is 13.6. The molecule has 0 spiro atoms. The molecule has 0 aliphatic heterocycles. The smallest absolute Gasteiger partial charge is 0.117 e. The summed E-state index contributed by atoms with van der Waals surface area (Å²) in [5.41, 5.74) is 5.88. The van der Waals surface area contributed by atoms with E-state index in [1.54, 1.807) is 13.4 Å². The molecule has 1 aliphatic carbocycles. The van der Waals surface area contributed by atoms with E-state index in [0.717, 1.165) is 12.3 Å². The molecule has 2 unspecified atom stereocenters. The van der Waals surface area contributed by atoms with Crippen molar-refractivity contribution in [1.29, 1.82) is 0 Å². The number of nitrogens with zero attached hydrogens (tertiary/aromatic N) is 1. The fourth-order valence-electron chi connectivity index (χ4n) is 2.45. The van der Waals surface area contributed by atoms with Gasteiger partial charge in [-0.2, -0.15) is 0 Å². The summed E-state index contributed by atoms with van der Waals surface area (Å²) in [5, 5.41) is 0. The molecule has 4 heteroatoms. The zero-order chi connectivity index (χ0) is 13.2. The lowest BCUT2D eigenvalue weighted by Gasteiger charge is -2.44. The van der Waals surface area contributed by atoms with Crippen molar-refractivity contribution in [3.05, 3.63) is 24.2 Å². The van der Waals surface area contributed by atoms with Crippen LogP contribution in [-0.4, -0.2) is 36.2 Å². The van der Waals surface area contributed by atoms with Crippen LogP contribution in [0.5, 0.6) is 0 Å². The molecule has 2 rings (SSSR count). The molecule has 1 fully saturated rings. The highest BCUT2D eigenvalue weighted by Gasteiger charge is 2.44. The van der Waals surface area contributed by atoms with Gasteiger partial charge in [0.15, 0.2) is 0 Å². The van der Waals surface area contributed by atoms with Gasteiger partial charge in [0.2, 0.25) is 0 Å². The fraction of sp³-hybridized carbons (Fsp3) is 0.714. The van der Waals surface area contributed by atoms with Gasteiger partial charge in [-0.25, -0.2) is 0 Å². The van der Waals surface area contributed by atoms with Crippen LogP contribution < -0.4 is 5.73 Å². The maximum Gasteiger partial charge on any atom is 0.117 e. The van der Waals surface area contributed by atoms with Crippen LogP contribution in [0.1, 0.15) is 32.4 Å². The number of furan rings is 1. The van der Waals surface area contributed by atoms with Crippen LogP contribution in [0.25, 0.3) is 0 Å². The number of methoxy groups -OCH3 is 1. The average Bonchev–Trinajstić information content (AvgIpc) is 3.10. The highest BCUT2D eigenvalue weighted by molar-refractivity contribution is 5.05. The Balaban J connectivity index is 2.17. The van der Waals surface area contributed by atoms with Crippen LogP contribution in [0.3, 0.4) is 0 Å². The minimum absolute atomic E-state index is 0.0954. The van der Waals surface area contributed by atoms with Gasteiger partial charge in [0, 0.05) is 19.7 Å². The van der Waals surface area contributed by atoms with Crippen molar-refractivity contribution in [1.82, 2.24) is 4.90 Å². The Kier molecular flexibility index (Phi) is 4.10. The van der Waals surface area contributed by atoms with E-state index in [1.165, 1.54) is 12.8 Å². The topological polar surface area (TPSA) is 51.6 Å². The van der Waals surface area contributed by atoms with Gasteiger partial charge in [0.1, 0.15) is 5.76 Å². The van der Waals surface area contributed by atoms with Crippen molar-refractivity contribution in [3.63, 3.8) is 0 Å². The van der Waals surface area contributed by atoms with Crippen LogP contribution in [0.2, 0.25) is 0 Å². The first-order chi connectivity index (χ1) is 8.61. The van der Waals surface area contributed by atoms with E-state index in [9.17, 15) is 0 Å². The Hall–Kier alpha value is -0.840. The molecule has 0 amide bonds. The summed E-state index contributed by atoms with van der Waals surface area (Å²) in [4.78, 5) is 2.44. The summed E-state index contributed by atoms with van der Waals surface area (Å²) in [6.07, 6.45) is 4.30. The Morgan fingerprint density at radius 3 is 2.78 bits per heavy atom. The zero-order valence-corrected chi connectivity index (χ0v) is 11.6. The Bertz CT molecular complexity index is 362. The molecule has 4 nitrogen and oxygen atoms in total. The second-order valence-corrected chi connectivity index (χ2v) is 5.38. The maximum absolute atomic E-state index is 6.03. The van der Waals surface area contributed by atoms with Gasteiger partial charge < -0.3 is 14.9 Å². The summed E-state index contributed by atoms with van der Waals surface area (Å²) in [5.74, 6) is 0.991. The van der Waals surface area contributed by atoms with Crippen LogP contribution in [0.15, 0.2) is 22.8 Å². The first-order valence-electron chi connectivity index (χ1n) is 6.64. The molecule has 2 N–H and O–H groups in total. The standard InChI is InChI=1S/C14H24N2O2/c1-11(17-3)14(2,10-15)16(12-6-7-12)9-13-5-4-8-18-13/h4-5,8,11-12H,6-7,9-10,15H2,1-3H3. The van der Waals surface area contributed by atoms with E-state index in [-0.39, 0.29) is 11.6 Å². The van der Waals surface area contributed by atoms with Gasteiger partial charge in [-0.1, -0.05) is 0 Å². The van der Waals surface area contributed by atoms with Crippen molar-refractivity contribution in [3.8, 4) is 0 Å². The van der Waals surface area contributed by atoms with Crippen molar-refractivity contribution in [2.75, 3.05) is 13.7 Å². The van der Waals surface area contributed by atoms with Gasteiger partial charge in [-0.05, 0) is 38.8 Å². The third kappa shape index (κ3) is 2.60. The Labute approximate surface area is 109 Å².